The number of carbonyl (C=O) groups is 2. The Morgan fingerprint density at radius 2 is 1.68 bits per heavy atom. The molecule has 150 valence electrons. The van der Waals surface area contributed by atoms with Gasteiger partial charge in [0.1, 0.15) is 6.04 Å². The van der Waals surface area contributed by atoms with E-state index in [0.717, 1.165) is 11.3 Å². The summed E-state index contributed by atoms with van der Waals surface area (Å²) < 4.78 is 0. The van der Waals surface area contributed by atoms with E-state index in [4.69, 9.17) is 11.6 Å². The van der Waals surface area contributed by atoms with Crippen molar-refractivity contribution in [2.45, 2.75) is 45.2 Å². The second-order valence-electron chi connectivity index (χ2n) is 6.93. The maximum Gasteiger partial charge on any atom is 0.242 e. The minimum atomic E-state index is -0.580. The van der Waals surface area contributed by atoms with Crippen molar-refractivity contribution < 1.29 is 9.59 Å². The summed E-state index contributed by atoms with van der Waals surface area (Å²) in [6.07, 6.45) is 0. The Labute approximate surface area is 176 Å². The number of nitrogens with one attached hydrogen (secondary N) is 1. The first-order valence-corrected chi connectivity index (χ1v) is 10.9. The molecule has 0 spiro atoms. The summed E-state index contributed by atoms with van der Waals surface area (Å²) >= 11 is 7.83. The summed E-state index contributed by atoms with van der Waals surface area (Å²) in [4.78, 5) is 27.1. The highest BCUT2D eigenvalue weighted by molar-refractivity contribution is 7.99. The first-order valence-electron chi connectivity index (χ1n) is 9.33. The largest absolute Gasteiger partial charge is 0.352 e. The number of hydrogen-bond donors (Lipinski definition) is 1. The molecule has 0 saturated carbocycles. The van der Waals surface area contributed by atoms with Crippen LogP contribution in [0.5, 0.6) is 0 Å². The standard InChI is InChI=1S/C22H27ClN2O2S/c1-16(2)24-22(27)17(3)25(13-19-11-7-8-12-20(19)23)21(26)15-28-14-18-9-5-4-6-10-18/h4-12,16-17H,13-15H2,1-3H3,(H,24,27)/t17-/m0/s1. The topological polar surface area (TPSA) is 49.4 Å². The van der Waals surface area contributed by atoms with Crippen LogP contribution in [0.4, 0.5) is 0 Å². The Balaban J connectivity index is 2.08. The summed E-state index contributed by atoms with van der Waals surface area (Å²) in [7, 11) is 0. The molecular formula is C22H27ClN2O2S. The van der Waals surface area contributed by atoms with E-state index >= 15 is 0 Å². The SMILES string of the molecule is CC(C)NC(=O)[C@H](C)N(Cc1ccccc1Cl)C(=O)CSCc1ccccc1. The molecule has 0 aliphatic heterocycles. The minimum absolute atomic E-state index is 0.0136. The molecular weight excluding hydrogens is 392 g/mol. The second-order valence-corrected chi connectivity index (χ2v) is 8.32. The number of thioether (sulfide) groups is 1. The molecule has 2 aromatic rings. The van der Waals surface area contributed by atoms with Gasteiger partial charge in [0, 0.05) is 23.4 Å². The second kappa shape index (κ2) is 11.1. The molecule has 0 aromatic heterocycles. The smallest absolute Gasteiger partial charge is 0.242 e. The summed E-state index contributed by atoms with van der Waals surface area (Å²) in [6, 6.07) is 16.9. The van der Waals surface area contributed by atoms with E-state index < -0.39 is 6.04 Å². The van der Waals surface area contributed by atoms with Gasteiger partial charge in [-0.25, -0.2) is 0 Å². The third kappa shape index (κ3) is 6.88. The molecule has 4 nitrogen and oxygen atoms in total. The van der Waals surface area contributed by atoms with E-state index in [1.807, 2.05) is 62.4 Å². The van der Waals surface area contributed by atoms with Crippen LogP contribution in [0.3, 0.4) is 0 Å². The van der Waals surface area contributed by atoms with Crippen LogP contribution in [0.2, 0.25) is 5.02 Å². The van der Waals surface area contributed by atoms with Gasteiger partial charge in [0.2, 0.25) is 11.8 Å². The predicted molar refractivity (Wildman–Crippen MR) is 117 cm³/mol. The first-order chi connectivity index (χ1) is 13.4. The Hall–Kier alpha value is -1.98. The van der Waals surface area contributed by atoms with Gasteiger partial charge in [0.25, 0.3) is 0 Å². The van der Waals surface area contributed by atoms with E-state index in [1.165, 1.54) is 5.56 Å². The molecule has 0 heterocycles. The number of nitrogens with zero attached hydrogens (tertiary/aromatic N) is 1. The number of amides is 2. The molecule has 0 radical (unpaired) electrons. The fourth-order valence-electron chi connectivity index (χ4n) is 2.71. The van der Waals surface area contributed by atoms with Gasteiger partial charge in [-0.2, -0.15) is 0 Å². The maximum absolute atomic E-state index is 13.0. The van der Waals surface area contributed by atoms with Crippen LogP contribution in [0.25, 0.3) is 0 Å². The molecule has 0 fully saturated rings. The average Bonchev–Trinajstić information content (AvgIpc) is 2.67. The lowest BCUT2D eigenvalue weighted by Crippen LogP contribution is -2.49. The van der Waals surface area contributed by atoms with Crippen molar-refractivity contribution in [2.75, 3.05) is 5.75 Å². The highest BCUT2D eigenvalue weighted by Crippen LogP contribution is 2.20. The van der Waals surface area contributed by atoms with Gasteiger partial charge in [-0.15, -0.1) is 11.8 Å². The average molecular weight is 419 g/mol. The Morgan fingerprint density at radius 1 is 1.04 bits per heavy atom. The quantitative estimate of drug-likeness (QED) is 0.651. The normalized spacial score (nSPS) is 11.9. The van der Waals surface area contributed by atoms with Gasteiger partial charge in [0.15, 0.2) is 0 Å². The van der Waals surface area contributed by atoms with Crippen LogP contribution in [-0.2, 0) is 21.9 Å². The zero-order valence-electron chi connectivity index (χ0n) is 16.5. The molecule has 28 heavy (non-hydrogen) atoms. The molecule has 0 unspecified atom stereocenters. The number of hydrogen-bond acceptors (Lipinski definition) is 3. The van der Waals surface area contributed by atoms with Crippen molar-refractivity contribution >= 4 is 35.2 Å². The Kier molecular flexibility index (Phi) is 8.87. The summed E-state index contributed by atoms with van der Waals surface area (Å²) in [5, 5.41) is 3.48. The summed E-state index contributed by atoms with van der Waals surface area (Å²) in [5.41, 5.74) is 2.00. The van der Waals surface area contributed by atoms with Crippen molar-refractivity contribution in [3.63, 3.8) is 0 Å². The monoisotopic (exact) mass is 418 g/mol. The lowest BCUT2D eigenvalue weighted by molar-refractivity contribution is -0.138. The molecule has 2 amide bonds. The minimum Gasteiger partial charge on any atom is -0.352 e. The summed E-state index contributed by atoms with van der Waals surface area (Å²) in [6.45, 7) is 5.87. The van der Waals surface area contributed by atoms with Crippen molar-refractivity contribution in [3.8, 4) is 0 Å². The Morgan fingerprint density at radius 3 is 2.32 bits per heavy atom. The number of rotatable bonds is 9. The molecule has 0 saturated heterocycles. The van der Waals surface area contributed by atoms with Crippen LogP contribution >= 0.6 is 23.4 Å². The fraction of sp³-hybridized carbons (Fsp3) is 0.364. The van der Waals surface area contributed by atoms with Gasteiger partial charge in [-0.3, -0.25) is 9.59 Å². The lowest BCUT2D eigenvalue weighted by atomic mass is 10.1. The van der Waals surface area contributed by atoms with Crippen molar-refractivity contribution in [2.24, 2.45) is 0 Å². The third-order valence-electron chi connectivity index (χ3n) is 4.23. The van der Waals surface area contributed by atoms with Gasteiger partial charge < -0.3 is 10.2 Å². The molecule has 2 aromatic carbocycles. The van der Waals surface area contributed by atoms with E-state index in [9.17, 15) is 9.59 Å². The Bertz CT molecular complexity index is 783. The zero-order valence-corrected chi connectivity index (χ0v) is 18.1. The third-order valence-corrected chi connectivity index (χ3v) is 5.59. The van der Waals surface area contributed by atoms with E-state index in [0.29, 0.717) is 17.3 Å². The maximum atomic E-state index is 13.0. The number of benzene rings is 2. The highest BCUT2D eigenvalue weighted by Gasteiger charge is 2.26. The predicted octanol–water partition coefficient (Wildman–Crippen LogP) is 4.52. The summed E-state index contributed by atoms with van der Waals surface area (Å²) in [5.74, 6) is 0.813. The van der Waals surface area contributed by atoms with Crippen LogP contribution < -0.4 is 5.32 Å². The highest BCUT2D eigenvalue weighted by atomic mass is 35.5. The molecule has 2 rings (SSSR count). The van der Waals surface area contributed by atoms with Gasteiger partial charge in [-0.05, 0) is 38.0 Å². The van der Waals surface area contributed by atoms with Gasteiger partial charge in [-0.1, -0.05) is 60.1 Å². The van der Waals surface area contributed by atoms with Gasteiger partial charge in [0.05, 0.1) is 5.75 Å². The van der Waals surface area contributed by atoms with Gasteiger partial charge >= 0.3 is 0 Å². The molecule has 6 heteroatoms. The molecule has 0 aliphatic carbocycles. The number of halogens is 1. The molecule has 1 atom stereocenters. The number of carbonyl (C=O) groups excluding carboxylic acids is 2. The molecule has 1 N–H and O–H groups in total. The van der Waals surface area contributed by atoms with E-state index in [1.54, 1.807) is 29.7 Å². The lowest BCUT2D eigenvalue weighted by Gasteiger charge is -2.29. The van der Waals surface area contributed by atoms with Crippen LogP contribution in [-0.4, -0.2) is 34.6 Å². The van der Waals surface area contributed by atoms with Crippen molar-refractivity contribution in [3.05, 3.63) is 70.7 Å². The van der Waals surface area contributed by atoms with E-state index in [2.05, 4.69) is 5.32 Å². The van der Waals surface area contributed by atoms with Crippen molar-refractivity contribution in [1.82, 2.24) is 10.2 Å². The van der Waals surface area contributed by atoms with Crippen LogP contribution in [0.1, 0.15) is 31.9 Å². The van der Waals surface area contributed by atoms with E-state index in [-0.39, 0.29) is 17.9 Å². The van der Waals surface area contributed by atoms with Crippen LogP contribution in [0, 0.1) is 0 Å². The first kappa shape index (κ1) is 22.3. The van der Waals surface area contributed by atoms with Crippen LogP contribution in [0.15, 0.2) is 54.6 Å². The zero-order chi connectivity index (χ0) is 20.5. The molecule has 0 bridgehead atoms. The molecule has 0 aliphatic rings. The fourth-order valence-corrected chi connectivity index (χ4v) is 3.78. The van der Waals surface area contributed by atoms with Crippen molar-refractivity contribution in [1.29, 1.82) is 0 Å².